The van der Waals surface area contributed by atoms with Crippen LogP contribution in [0.4, 0.5) is 4.39 Å². The van der Waals surface area contributed by atoms with Crippen LogP contribution in [0, 0.1) is 5.82 Å². The molecule has 0 fully saturated rings. The van der Waals surface area contributed by atoms with Crippen LogP contribution in [0.5, 0.6) is 0 Å². The Kier molecular flexibility index (Phi) is 4.25. The maximum absolute atomic E-state index is 13.1. The van der Waals surface area contributed by atoms with E-state index in [0.29, 0.717) is 11.1 Å². The van der Waals surface area contributed by atoms with E-state index in [-0.39, 0.29) is 11.5 Å². The minimum absolute atomic E-state index is 0.0805. The van der Waals surface area contributed by atoms with E-state index in [4.69, 9.17) is 0 Å². The van der Waals surface area contributed by atoms with E-state index < -0.39 is 15.7 Å². The van der Waals surface area contributed by atoms with Gasteiger partial charge in [0, 0.05) is 12.4 Å². The summed E-state index contributed by atoms with van der Waals surface area (Å²) in [6, 6.07) is 14.7. The van der Waals surface area contributed by atoms with Crippen LogP contribution in [-0.4, -0.2) is 18.2 Å². The molecule has 0 bridgehead atoms. The molecule has 23 heavy (non-hydrogen) atoms. The van der Waals surface area contributed by atoms with Gasteiger partial charge in [0.1, 0.15) is 5.82 Å². The minimum Gasteiger partial charge on any atom is -0.241 e. The number of hydrogen-bond donors (Lipinski definition) is 0. The molecule has 0 spiro atoms. The Balaban J connectivity index is 1.73. The van der Waals surface area contributed by atoms with E-state index in [1.54, 1.807) is 29.1 Å². The normalized spacial score (nSPS) is 11.5. The van der Waals surface area contributed by atoms with E-state index in [0.717, 1.165) is 5.69 Å². The lowest BCUT2D eigenvalue weighted by Crippen LogP contribution is -2.08. The summed E-state index contributed by atoms with van der Waals surface area (Å²) >= 11 is 0. The van der Waals surface area contributed by atoms with Crippen LogP contribution < -0.4 is 0 Å². The Bertz CT molecular complexity index is 889. The van der Waals surface area contributed by atoms with Crippen molar-refractivity contribution in [2.24, 2.45) is 0 Å². The van der Waals surface area contributed by atoms with Crippen LogP contribution in [0.1, 0.15) is 11.1 Å². The SMILES string of the molecule is O=S(=O)(Cc1ccc(-n2cccn2)cc1)Cc1cccc(F)c1. The van der Waals surface area contributed by atoms with Crippen LogP contribution in [0.15, 0.2) is 67.0 Å². The van der Waals surface area contributed by atoms with Crippen LogP contribution in [0.2, 0.25) is 0 Å². The fraction of sp³-hybridized carbons (Fsp3) is 0.118. The molecule has 0 radical (unpaired) electrons. The largest absolute Gasteiger partial charge is 0.241 e. The van der Waals surface area contributed by atoms with Crippen molar-refractivity contribution in [2.45, 2.75) is 11.5 Å². The van der Waals surface area contributed by atoms with E-state index in [1.807, 2.05) is 24.4 Å². The van der Waals surface area contributed by atoms with Gasteiger partial charge in [-0.1, -0.05) is 24.3 Å². The molecule has 0 saturated carbocycles. The second-order valence-electron chi connectivity index (χ2n) is 5.28. The van der Waals surface area contributed by atoms with Gasteiger partial charge in [0.2, 0.25) is 0 Å². The van der Waals surface area contributed by atoms with Crippen molar-refractivity contribution in [3.8, 4) is 5.69 Å². The first-order valence-electron chi connectivity index (χ1n) is 7.06. The minimum atomic E-state index is -3.36. The zero-order chi connectivity index (χ0) is 16.3. The molecule has 0 atom stereocenters. The smallest absolute Gasteiger partial charge is 0.158 e. The summed E-state index contributed by atoms with van der Waals surface area (Å²) in [6.45, 7) is 0. The Morgan fingerprint density at radius 1 is 0.957 bits per heavy atom. The van der Waals surface area contributed by atoms with E-state index in [9.17, 15) is 12.8 Å². The number of hydrogen-bond acceptors (Lipinski definition) is 3. The fourth-order valence-electron chi connectivity index (χ4n) is 2.35. The van der Waals surface area contributed by atoms with Gasteiger partial charge >= 0.3 is 0 Å². The lowest BCUT2D eigenvalue weighted by Gasteiger charge is -2.07. The zero-order valence-electron chi connectivity index (χ0n) is 12.3. The summed E-state index contributed by atoms with van der Waals surface area (Å²) in [5.74, 6) is -0.685. The van der Waals surface area contributed by atoms with Crippen LogP contribution >= 0.6 is 0 Å². The highest BCUT2D eigenvalue weighted by Crippen LogP contribution is 2.15. The van der Waals surface area contributed by atoms with Crippen molar-refractivity contribution in [1.82, 2.24) is 9.78 Å². The van der Waals surface area contributed by atoms with Gasteiger partial charge in [-0.15, -0.1) is 0 Å². The van der Waals surface area contributed by atoms with Crippen molar-refractivity contribution < 1.29 is 12.8 Å². The number of rotatable bonds is 5. The highest BCUT2D eigenvalue weighted by atomic mass is 32.2. The fourth-order valence-corrected chi connectivity index (χ4v) is 3.84. The molecule has 0 unspecified atom stereocenters. The molecular formula is C17H15FN2O2S. The van der Waals surface area contributed by atoms with Gasteiger partial charge in [0.25, 0.3) is 0 Å². The van der Waals surface area contributed by atoms with Gasteiger partial charge < -0.3 is 0 Å². The van der Waals surface area contributed by atoms with E-state index in [1.165, 1.54) is 18.2 Å². The third-order valence-corrected chi connectivity index (χ3v) is 4.91. The van der Waals surface area contributed by atoms with Gasteiger partial charge in [-0.3, -0.25) is 0 Å². The number of nitrogens with zero attached hydrogens (tertiary/aromatic N) is 2. The molecule has 6 heteroatoms. The van der Waals surface area contributed by atoms with Crippen molar-refractivity contribution >= 4 is 9.84 Å². The first-order valence-corrected chi connectivity index (χ1v) is 8.88. The van der Waals surface area contributed by atoms with Gasteiger partial charge in [0.15, 0.2) is 9.84 Å². The van der Waals surface area contributed by atoms with E-state index in [2.05, 4.69) is 5.10 Å². The lowest BCUT2D eigenvalue weighted by atomic mass is 10.2. The highest BCUT2D eigenvalue weighted by molar-refractivity contribution is 7.89. The molecule has 0 aliphatic rings. The Morgan fingerprint density at radius 2 is 1.70 bits per heavy atom. The summed E-state index contributed by atoms with van der Waals surface area (Å²) in [5, 5.41) is 4.12. The molecule has 3 aromatic rings. The molecule has 0 amide bonds. The Morgan fingerprint density at radius 3 is 2.35 bits per heavy atom. The lowest BCUT2D eigenvalue weighted by molar-refractivity contribution is 0.594. The third kappa shape index (κ3) is 4.04. The summed E-state index contributed by atoms with van der Waals surface area (Å²) < 4.78 is 39.4. The Labute approximate surface area is 134 Å². The third-order valence-electron chi connectivity index (χ3n) is 3.37. The molecule has 0 saturated heterocycles. The van der Waals surface area contributed by atoms with Gasteiger partial charge in [0.05, 0.1) is 17.2 Å². The number of benzene rings is 2. The molecule has 1 heterocycles. The van der Waals surface area contributed by atoms with Crippen molar-refractivity contribution in [2.75, 3.05) is 0 Å². The van der Waals surface area contributed by atoms with Crippen LogP contribution in [0.25, 0.3) is 5.69 Å². The molecule has 1 aromatic heterocycles. The predicted molar refractivity (Wildman–Crippen MR) is 86.3 cm³/mol. The van der Waals surface area contributed by atoms with Crippen LogP contribution in [0.3, 0.4) is 0 Å². The first-order chi connectivity index (χ1) is 11.0. The number of sulfone groups is 1. The second-order valence-corrected chi connectivity index (χ2v) is 7.34. The standard InChI is InChI=1S/C17H15FN2O2S/c18-16-4-1-3-15(11-16)13-23(21,22)12-14-5-7-17(8-6-14)20-10-2-9-19-20/h1-11H,12-13H2. The molecule has 0 aliphatic carbocycles. The number of aromatic nitrogens is 2. The molecular weight excluding hydrogens is 315 g/mol. The monoisotopic (exact) mass is 330 g/mol. The quantitative estimate of drug-likeness (QED) is 0.722. The van der Waals surface area contributed by atoms with Gasteiger partial charge in [-0.2, -0.15) is 5.10 Å². The van der Waals surface area contributed by atoms with Gasteiger partial charge in [-0.05, 0) is 41.5 Å². The molecule has 4 nitrogen and oxygen atoms in total. The summed E-state index contributed by atoms with van der Waals surface area (Å²) in [5.41, 5.74) is 2.01. The maximum atomic E-state index is 13.1. The van der Waals surface area contributed by atoms with Crippen molar-refractivity contribution in [1.29, 1.82) is 0 Å². The Hall–Kier alpha value is -2.47. The van der Waals surface area contributed by atoms with E-state index >= 15 is 0 Å². The maximum Gasteiger partial charge on any atom is 0.158 e. The van der Waals surface area contributed by atoms with Crippen LogP contribution in [-0.2, 0) is 21.3 Å². The first kappa shape index (κ1) is 15.4. The average molecular weight is 330 g/mol. The number of halogens is 1. The summed E-state index contributed by atoms with van der Waals surface area (Å²) in [4.78, 5) is 0. The predicted octanol–water partition coefficient (Wildman–Crippen LogP) is 3.13. The molecule has 0 N–H and O–H groups in total. The highest BCUT2D eigenvalue weighted by Gasteiger charge is 2.13. The topological polar surface area (TPSA) is 52.0 Å². The summed E-state index contributed by atoms with van der Waals surface area (Å²) in [7, 11) is -3.36. The molecule has 2 aromatic carbocycles. The van der Waals surface area contributed by atoms with Crippen molar-refractivity contribution in [3.05, 3.63) is 83.9 Å². The molecule has 3 rings (SSSR count). The molecule has 0 aliphatic heterocycles. The van der Waals surface area contributed by atoms with Crippen molar-refractivity contribution in [3.63, 3.8) is 0 Å². The summed E-state index contributed by atoms with van der Waals surface area (Å²) in [6.07, 6.45) is 3.49. The average Bonchev–Trinajstić information content (AvgIpc) is 3.01. The molecule has 118 valence electrons. The van der Waals surface area contributed by atoms with Gasteiger partial charge in [-0.25, -0.2) is 17.5 Å². The second kappa shape index (κ2) is 6.34. The zero-order valence-corrected chi connectivity index (χ0v) is 13.1.